The van der Waals surface area contributed by atoms with Gasteiger partial charge in [0.25, 0.3) is 5.56 Å². The first-order valence-electron chi connectivity index (χ1n) is 6.20. The van der Waals surface area contributed by atoms with Crippen LogP contribution in [0, 0.1) is 0 Å². The number of anilines is 1. The van der Waals surface area contributed by atoms with E-state index in [1.165, 1.54) is 0 Å². The predicted molar refractivity (Wildman–Crippen MR) is 73.3 cm³/mol. The second kappa shape index (κ2) is 6.24. The number of ether oxygens (including phenoxy) is 1. The number of hydrogen-bond donors (Lipinski definition) is 1. The van der Waals surface area contributed by atoms with E-state index in [2.05, 4.69) is 5.32 Å². The molecular formula is C14H18N2O3. The summed E-state index contributed by atoms with van der Waals surface area (Å²) in [7, 11) is 1.62. The lowest BCUT2D eigenvalue weighted by molar-refractivity contribution is 0.186. The molecule has 2 rings (SSSR count). The van der Waals surface area contributed by atoms with E-state index in [1.807, 2.05) is 19.1 Å². The maximum atomic E-state index is 11.7. The molecule has 0 fully saturated rings. The summed E-state index contributed by atoms with van der Waals surface area (Å²) in [5.41, 5.74) is 0.841. The monoisotopic (exact) mass is 262 g/mol. The molecule has 5 heteroatoms. The summed E-state index contributed by atoms with van der Waals surface area (Å²) < 4.78 is 11.9. The molecule has 2 aromatic heterocycles. The topological polar surface area (TPSA) is 56.4 Å². The molecule has 102 valence electrons. The average molecular weight is 262 g/mol. The summed E-state index contributed by atoms with van der Waals surface area (Å²) in [5, 5.41) is 3.29. The molecule has 2 heterocycles. The molecule has 19 heavy (non-hydrogen) atoms. The fourth-order valence-electron chi connectivity index (χ4n) is 1.84. The summed E-state index contributed by atoms with van der Waals surface area (Å²) in [6.07, 6.45) is 3.44. The molecular weight excluding hydrogens is 244 g/mol. The van der Waals surface area contributed by atoms with Gasteiger partial charge in [-0.3, -0.25) is 4.79 Å². The van der Waals surface area contributed by atoms with Crippen molar-refractivity contribution in [1.29, 1.82) is 0 Å². The van der Waals surface area contributed by atoms with Gasteiger partial charge >= 0.3 is 0 Å². The van der Waals surface area contributed by atoms with Gasteiger partial charge in [-0.05, 0) is 25.1 Å². The van der Waals surface area contributed by atoms with Crippen molar-refractivity contribution < 1.29 is 9.15 Å². The van der Waals surface area contributed by atoms with Crippen molar-refractivity contribution in [2.75, 3.05) is 19.0 Å². The van der Waals surface area contributed by atoms with Crippen LogP contribution in [-0.4, -0.2) is 18.3 Å². The van der Waals surface area contributed by atoms with Crippen LogP contribution in [0.4, 0.5) is 5.69 Å². The predicted octanol–water partition coefficient (Wildman–Crippen LogP) is 2.26. The number of furan rings is 1. The van der Waals surface area contributed by atoms with E-state index in [1.54, 1.807) is 36.3 Å². The van der Waals surface area contributed by atoms with Crippen molar-refractivity contribution in [2.45, 2.75) is 19.5 Å². The Morgan fingerprint density at radius 3 is 2.95 bits per heavy atom. The number of hydrogen-bond acceptors (Lipinski definition) is 4. The molecule has 0 aromatic carbocycles. The Kier molecular flexibility index (Phi) is 4.41. The molecule has 0 amide bonds. The number of methoxy groups -OCH3 is 1. The van der Waals surface area contributed by atoms with Gasteiger partial charge in [-0.15, -0.1) is 0 Å². The molecule has 1 N–H and O–H groups in total. The van der Waals surface area contributed by atoms with E-state index < -0.39 is 0 Å². The molecule has 2 aromatic rings. The molecule has 5 nitrogen and oxygen atoms in total. The normalized spacial score (nSPS) is 12.3. The van der Waals surface area contributed by atoms with Gasteiger partial charge in [0, 0.05) is 25.9 Å². The lowest BCUT2D eigenvalue weighted by atomic mass is 10.2. The highest BCUT2D eigenvalue weighted by atomic mass is 16.5. The average Bonchev–Trinajstić information content (AvgIpc) is 2.93. The molecule has 0 aliphatic heterocycles. The SMILES string of the molecule is COCCn1cc(NC(C)c2ccco2)ccc1=O. The van der Waals surface area contributed by atoms with Gasteiger partial charge in [0.2, 0.25) is 0 Å². The minimum absolute atomic E-state index is 0.0340. The Labute approximate surface area is 111 Å². The van der Waals surface area contributed by atoms with Crippen molar-refractivity contribution >= 4 is 5.69 Å². The van der Waals surface area contributed by atoms with Gasteiger partial charge < -0.3 is 19.0 Å². The third-order valence-electron chi connectivity index (χ3n) is 2.87. The van der Waals surface area contributed by atoms with Crippen LogP contribution in [-0.2, 0) is 11.3 Å². The molecule has 0 saturated heterocycles. The number of nitrogens with one attached hydrogen (secondary N) is 1. The molecule has 1 unspecified atom stereocenters. The Morgan fingerprint density at radius 2 is 2.26 bits per heavy atom. The largest absolute Gasteiger partial charge is 0.467 e. The van der Waals surface area contributed by atoms with Gasteiger partial charge in [0.1, 0.15) is 5.76 Å². The van der Waals surface area contributed by atoms with Gasteiger partial charge in [0.15, 0.2) is 0 Å². The zero-order valence-corrected chi connectivity index (χ0v) is 11.1. The highest BCUT2D eigenvalue weighted by Crippen LogP contribution is 2.18. The molecule has 0 spiro atoms. The van der Waals surface area contributed by atoms with Gasteiger partial charge in [-0.1, -0.05) is 0 Å². The highest BCUT2D eigenvalue weighted by molar-refractivity contribution is 5.42. The summed E-state index contributed by atoms with van der Waals surface area (Å²) in [6, 6.07) is 7.13. The Morgan fingerprint density at radius 1 is 1.42 bits per heavy atom. The fourth-order valence-corrected chi connectivity index (χ4v) is 1.84. The lowest BCUT2D eigenvalue weighted by Gasteiger charge is -2.14. The fraction of sp³-hybridized carbons (Fsp3) is 0.357. The van der Waals surface area contributed by atoms with E-state index >= 15 is 0 Å². The van der Waals surface area contributed by atoms with Crippen molar-refractivity contribution in [1.82, 2.24) is 4.57 Å². The van der Waals surface area contributed by atoms with E-state index in [4.69, 9.17) is 9.15 Å². The second-order valence-corrected chi connectivity index (χ2v) is 4.32. The standard InChI is InChI=1S/C14H18N2O3/c1-11(13-4-3-8-19-13)15-12-5-6-14(17)16(10-12)7-9-18-2/h3-6,8,10-11,15H,7,9H2,1-2H3. The Bertz CT molecular complexity index is 560. The summed E-state index contributed by atoms with van der Waals surface area (Å²) in [6.45, 7) is 3.06. The quantitative estimate of drug-likeness (QED) is 0.867. The summed E-state index contributed by atoms with van der Waals surface area (Å²) in [4.78, 5) is 11.7. The summed E-state index contributed by atoms with van der Waals surface area (Å²) >= 11 is 0. The number of aromatic nitrogens is 1. The molecule has 0 aliphatic rings. The van der Waals surface area contributed by atoms with Gasteiger partial charge in [-0.2, -0.15) is 0 Å². The van der Waals surface area contributed by atoms with Crippen molar-refractivity contribution in [3.8, 4) is 0 Å². The molecule has 0 saturated carbocycles. The van der Waals surface area contributed by atoms with Crippen LogP contribution in [0.3, 0.4) is 0 Å². The van der Waals surface area contributed by atoms with Crippen LogP contribution >= 0.6 is 0 Å². The van der Waals surface area contributed by atoms with E-state index in [0.717, 1.165) is 11.4 Å². The van der Waals surface area contributed by atoms with Crippen molar-refractivity contribution in [2.24, 2.45) is 0 Å². The molecule has 0 radical (unpaired) electrons. The zero-order chi connectivity index (χ0) is 13.7. The van der Waals surface area contributed by atoms with Crippen LogP contribution in [0.15, 0.2) is 45.9 Å². The first kappa shape index (κ1) is 13.4. The minimum Gasteiger partial charge on any atom is -0.467 e. The molecule has 0 bridgehead atoms. The smallest absolute Gasteiger partial charge is 0.250 e. The number of nitrogens with zero attached hydrogens (tertiary/aromatic N) is 1. The molecule has 1 atom stereocenters. The third-order valence-corrected chi connectivity index (χ3v) is 2.87. The van der Waals surface area contributed by atoms with Gasteiger partial charge in [0.05, 0.1) is 24.6 Å². The maximum absolute atomic E-state index is 11.7. The van der Waals surface area contributed by atoms with Crippen molar-refractivity contribution in [3.63, 3.8) is 0 Å². The third kappa shape index (κ3) is 3.48. The maximum Gasteiger partial charge on any atom is 0.250 e. The first-order valence-corrected chi connectivity index (χ1v) is 6.20. The van der Waals surface area contributed by atoms with Crippen molar-refractivity contribution in [3.05, 3.63) is 52.8 Å². The number of rotatable bonds is 6. The van der Waals surface area contributed by atoms with E-state index in [9.17, 15) is 4.79 Å². The minimum atomic E-state index is -0.0340. The molecule has 0 aliphatic carbocycles. The second-order valence-electron chi connectivity index (χ2n) is 4.32. The van der Waals surface area contributed by atoms with E-state index in [0.29, 0.717) is 13.2 Å². The van der Waals surface area contributed by atoms with Gasteiger partial charge in [-0.25, -0.2) is 0 Å². The van der Waals surface area contributed by atoms with Crippen LogP contribution < -0.4 is 10.9 Å². The van der Waals surface area contributed by atoms with Crippen LogP contribution in [0.2, 0.25) is 0 Å². The van der Waals surface area contributed by atoms with Crippen LogP contribution in [0.5, 0.6) is 0 Å². The van der Waals surface area contributed by atoms with Crippen LogP contribution in [0.25, 0.3) is 0 Å². The van der Waals surface area contributed by atoms with E-state index in [-0.39, 0.29) is 11.6 Å². The Balaban J connectivity index is 2.10. The summed E-state index contributed by atoms with van der Waals surface area (Å²) in [5.74, 6) is 0.856. The lowest BCUT2D eigenvalue weighted by Crippen LogP contribution is -2.21. The van der Waals surface area contributed by atoms with Crippen LogP contribution in [0.1, 0.15) is 18.7 Å². The first-order chi connectivity index (χ1) is 9.20. The highest BCUT2D eigenvalue weighted by Gasteiger charge is 2.08. The zero-order valence-electron chi connectivity index (χ0n) is 11.1. The number of pyridine rings is 1. The Hall–Kier alpha value is -2.01.